The minimum Gasteiger partial charge on any atom is -0.383 e. The van der Waals surface area contributed by atoms with Crippen molar-refractivity contribution in [3.8, 4) is 0 Å². The molecule has 0 saturated carbocycles. The molecule has 0 amide bonds. The molecule has 0 aliphatic rings. The highest BCUT2D eigenvalue weighted by molar-refractivity contribution is 6.31. The van der Waals surface area contributed by atoms with Crippen LogP contribution in [0.25, 0.3) is 0 Å². The number of nitrogens with zero attached hydrogens (tertiary/aromatic N) is 1. The average molecular weight is 298 g/mol. The lowest BCUT2D eigenvalue weighted by Crippen LogP contribution is -2.40. The molecule has 1 aromatic rings. The molecule has 0 N–H and O–H groups in total. The van der Waals surface area contributed by atoms with Gasteiger partial charge in [0.2, 0.25) is 0 Å². The zero-order valence-electron chi connectivity index (χ0n) is 12.6. The third-order valence-corrected chi connectivity index (χ3v) is 3.77. The van der Waals surface area contributed by atoms with Gasteiger partial charge in [0, 0.05) is 30.3 Å². The van der Waals surface area contributed by atoms with Gasteiger partial charge < -0.3 is 4.74 Å². The number of methoxy groups -OCH3 is 1. The highest BCUT2D eigenvalue weighted by Gasteiger charge is 2.19. The molecule has 20 heavy (non-hydrogen) atoms. The average Bonchev–Trinajstić information content (AvgIpc) is 2.45. The fourth-order valence-corrected chi connectivity index (χ4v) is 2.53. The molecule has 0 atom stereocenters. The summed E-state index contributed by atoms with van der Waals surface area (Å²) in [5, 5.41) is 0.599. The SMILES string of the molecule is CCC(CC)N(CCOC)CC(=O)c1cccc(Cl)c1. The Morgan fingerprint density at radius 3 is 2.60 bits per heavy atom. The van der Waals surface area contributed by atoms with Crippen LogP contribution in [-0.2, 0) is 4.74 Å². The quantitative estimate of drug-likeness (QED) is 0.652. The second-order valence-corrected chi connectivity index (χ2v) is 5.30. The van der Waals surface area contributed by atoms with E-state index in [1.807, 2.05) is 12.1 Å². The van der Waals surface area contributed by atoms with Gasteiger partial charge in [0.25, 0.3) is 0 Å². The molecule has 112 valence electrons. The number of halogens is 1. The van der Waals surface area contributed by atoms with Crippen LogP contribution in [0.15, 0.2) is 24.3 Å². The lowest BCUT2D eigenvalue weighted by Gasteiger charge is -2.29. The van der Waals surface area contributed by atoms with Gasteiger partial charge in [-0.2, -0.15) is 0 Å². The Morgan fingerprint density at radius 2 is 2.05 bits per heavy atom. The number of carbonyl (C=O) groups is 1. The van der Waals surface area contributed by atoms with E-state index in [1.54, 1.807) is 19.2 Å². The first-order chi connectivity index (χ1) is 9.62. The predicted octanol–water partition coefficient (Wildman–Crippen LogP) is 3.66. The zero-order valence-corrected chi connectivity index (χ0v) is 13.3. The summed E-state index contributed by atoms with van der Waals surface area (Å²) >= 11 is 5.94. The molecule has 0 fully saturated rings. The van der Waals surface area contributed by atoms with E-state index in [-0.39, 0.29) is 5.78 Å². The molecular formula is C16H24ClNO2. The fourth-order valence-electron chi connectivity index (χ4n) is 2.34. The maximum atomic E-state index is 12.4. The van der Waals surface area contributed by atoms with Gasteiger partial charge in [0.1, 0.15) is 0 Å². The van der Waals surface area contributed by atoms with Crippen molar-refractivity contribution in [1.29, 1.82) is 0 Å². The molecule has 0 aliphatic heterocycles. The minimum absolute atomic E-state index is 0.107. The maximum Gasteiger partial charge on any atom is 0.176 e. The van der Waals surface area contributed by atoms with Crippen LogP contribution in [0.5, 0.6) is 0 Å². The molecule has 0 aliphatic carbocycles. The molecular weight excluding hydrogens is 274 g/mol. The molecule has 1 aromatic carbocycles. The van der Waals surface area contributed by atoms with Crippen LogP contribution in [-0.4, -0.2) is 43.5 Å². The Labute approximate surface area is 126 Å². The smallest absolute Gasteiger partial charge is 0.176 e. The number of benzene rings is 1. The highest BCUT2D eigenvalue weighted by Crippen LogP contribution is 2.14. The van der Waals surface area contributed by atoms with E-state index >= 15 is 0 Å². The van der Waals surface area contributed by atoms with Gasteiger partial charge in [-0.25, -0.2) is 0 Å². The highest BCUT2D eigenvalue weighted by atomic mass is 35.5. The van der Waals surface area contributed by atoms with E-state index < -0.39 is 0 Å². The van der Waals surface area contributed by atoms with Crippen LogP contribution >= 0.6 is 11.6 Å². The van der Waals surface area contributed by atoms with E-state index in [2.05, 4.69) is 18.7 Å². The first-order valence-corrected chi connectivity index (χ1v) is 7.51. The van der Waals surface area contributed by atoms with E-state index in [0.717, 1.165) is 19.4 Å². The summed E-state index contributed by atoms with van der Waals surface area (Å²) in [5.74, 6) is 0.107. The molecule has 4 heteroatoms. The number of carbonyl (C=O) groups excluding carboxylic acids is 1. The summed E-state index contributed by atoms with van der Waals surface area (Å²) in [6, 6.07) is 7.54. The van der Waals surface area contributed by atoms with Gasteiger partial charge in [0.05, 0.1) is 13.2 Å². The first-order valence-electron chi connectivity index (χ1n) is 7.14. The van der Waals surface area contributed by atoms with Crippen molar-refractivity contribution in [2.75, 3.05) is 26.8 Å². The molecule has 0 radical (unpaired) electrons. The Hall–Kier alpha value is -0.900. The van der Waals surface area contributed by atoms with E-state index in [4.69, 9.17) is 16.3 Å². The van der Waals surface area contributed by atoms with Crippen molar-refractivity contribution in [3.63, 3.8) is 0 Å². The van der Waals surface area contributed by atoms with Crippen LogP contribution in [0.2, 0.25) is 5.02 Å². The van der Waals surface area contributed by atoms with Crippen molar-refractivity contribution in [3.05, 3.63) is 34.9 Å². The largest absolute Gasteiger partial charge is 0.383 e. The molecule has 0 spiro atoms. The number of Topliss-reactive ketones (excluding diaryl/α,β-unsaturated/α-hetero) is 1. The first kappa shape index (κ1) is 17.2. The van der Waals surface area contributed by atoms with E-state index in [0.29, 0.717) is 29.8 Å². The third-order valence-electron chi connectivity index (χ3n) is 3.53. The number of ketones is 1. The Morgan fingerprint density at radius 1 is 1.35 bits per heavy atom. The van der Waals surface area contributed by atoms with Crippen molar-refractivity contribution in [1.82, 2.24) is 4.90 Å². The third kappa shape index (κ3) is 5.23. The fraction of sp³-hybridized carbons (Fsp3) is 0.562. The van der Waals surface area contributed by atoms with Crippen LogP contribution in [0, 0.1) is 0 Å². The molecule has 0 bridgehead atoms. The van der Waals surface area contributed by atoms with Crippen LogP contribution in [0.1, 0.15) is 37.0 Å². The Bertz CT molecular complexity index is 419. The molecule has 0 heterocycles. The van der Waals surface area contributed by atoms with Crippen LogP contribution < -0.4 is 0 Å². The summed E-state index contributed by atoms with van der Waals surface area (Å²) in [7, 11) is 1.68. The number of hydrogen-bond donors (Lipinski definition) is 0. The Balaban J connectivity index is 2.75. The van der Waals surface area contributed by atoms with Gasteiger partial charge in [-0.1, -0.05) is 37.6 Å². The molecule has 0 unspecified atom stereocenters. The summed E-state index contributed by atoms with van der Waals surface area (Å²) in [6.45, 7) is 6.13. The van der Waals surface area contributed by atoms with Crippen molar-refractivity contribution in [2.45, 2.75) is 32.7 Å². The number of ether oxygens (including phenoxy) is 1. The predicted molar refractivity (Wildman–Crippen MR) is 83.6 cm³/mol. The van der Waals surface area contributed by atoms with Gasteiger partial charge in [0.15, 0.2) is 5.78 Å². The van der Waals surface area contributed by atoms with Gasteiger partial charge in [-0.3, -0.25) is 9.69 Å². The van der Waals surface area contributed by atoms with Crippen molar-refractivity contribution in [2.24, 2.45) is 0 Å². The molecule has 0 saturated heterocycles. The number of rotatable bonds is 9. The normalized spacial score (nSPS) is 11.3. The minimum atomic E-state index is 0.107. The lowest BCUT2D eigenvalue weighted by atomic mass is 10.1. The summed E-state index contributed by atoms with van der Waals surface area (Å²) in [6.07, 6.45) is 2.06. The van der Waals surface area contributed by atoms with Crippen LogP contribution in [0.4, 0.5) is 0 Å². The standard InChI is InChI=1S/C16H24ClNO2/c1-4-15(5-2)18(9-10-20-3)12-16(19)13-7-6-8-14(17)11-13/h6-8,11,15H,4-5,9-10,12H2,1-3H3. The van der Waals surface area contributed by atoms with Crippen molar-refractivity contribution >= 4 is 17.4 Å². The molecule has 1 rings (SSSR count). The topological polar surface area (TPSA) is 29.5 Å². The summed E-state index contributed by atoms with van der Waals surface area (Å²) < 4.78 is 5.14. The maximum absolute atomic E-state index is 12.4. The molecule has 3 nitrogen and oxygen atoms in total. The lowest BCUT2D eigenvalue weighted by molar-refractivity contribution is 0.0811. The monoisotopic (exact) mass is 297 g/mol. The summed E-state index contributed by atoms with van der Waals surface area (Å²) in [5.41, 5.74) is 0.672. The van der Waals surface area contributed by atoms with Crippen LogP contribution in [0.3, 0.4) is 0 Å². The second-order valence-electron chi connectivity index (χ2n) is 4.87. The van der Waals surface area contributed by atoms with Gasteiger partial charge >= 0.3 is 0 Å². The van der Waals surface area contributed by atoms with E-state index in [9.17, 15) is 4.79 Å². The molecule has 0 aromatic heterocycles. The van der Waals surface area contributed by atoms with E-state index in [1.165, 1.54) is 0 Å². The summed E-state index contributed by atoms with van der Waals surface area (Å²) in [4.78, 5) is 14.6. The van der Waals surface area contributed by atoms with Gasteiger partial charge in [-0.05, 0) is 25.0 Å². The number of hydrogen-bond acceptors (Lipinski definition) is 3. The Kier molecular flexibility index (Phi) is 7.82. The van der Waals surface area contributed by atoms with Crippen molar-refractivity contribution < 1.29 is 9.53 Å². The zero-order chi connectivity index (χ0) is 15.0. The second kappa shape index (κ2) is 9.11. The van der Waals surface area contributed by atoms with Gasteiger partial charge in [-0.15, -0.1) is 0 Å².